The monoisotopic (exact) mass is 409 g/mol. The van der Waals surface area contributed by atoms with Crippen LogP contribution >= 0.6 is 11.8 Å². The number of carbonyl (C=O) groups excluding carboxylic acids is 1. The minimum atomic E-state index is 0.113. The molecule has 0 bridgehead atoms. The second-order valence-electron chi connectivity index (χ2n) is 7.17. The second kappa shape index (κ2) is 9.85. The van der Waals surface area contributed by atoms with Crippen LogP contribution in [-0.4, -0.2) is 40.0 Å². The molecular formula is C23H27N3O2S. The summed E-state index contributed by atoms with van der Waals surface area (Å²) in [6.07, 6.45) is 0.697. The highest BCUT2D eigenvalue weighted by atomic mass is 32.2. The summed E-state index contributed by atoms with van der Waals surface area (Å²) in [6.45, 7) is 7.32. The second-order valence-corrected chi connectivity index (χ2v) is 8.11. The molecule has 0 fully saturated rings. The highest BCUT2D eigenvalue weighted by Crippen LogP contribution is 2.22. The number of methoxy groups -OCH3 is 1. The molecule has 29 heavy (non-hydrogen) atoms. The fraction of sp³-hybridized carbons (Fsp3) is 0.348. The first-order chi connectivity index (χ1) is 14.0. The molecule has 152 valence electrons. The van der Waals surface area contributed by atoms with Crippen molar-refractivity contribution in [3.05, 3.63) is 76.1 Å². The molecule has 0 spiro atoms. The fourth-order valence-electron chi connectivity index (χ4n) is 3.21. The normalized spacial score (nSPS) is 11.0. The molecule has 0 aliphatic carbocycles. The number of aryl methyl sites for hydroxylation is 3. The third kappa shape index (κ3) is 5.34. The zero-order chi connectivity index (χ0) is 20.8. The first-order valence-electron chi connectivity index (χ1n) is 9.68. The van der Waals surface area contributed by atoms with Crippen LogP contribution in [0.15, 0.2) is 47.6 Å². The van der Waals surface area contributed by atoms with Crippen LogP contribution < -0.4 is 0 Å². The Balaban J connectivity index is 1.76. The number of ether oxygens (including phenoxy) is 1. The summed E-state index contributed by atoms with van der Waals surface area (Å²) in [5.41, 5.74) is 5.32. The Morgan fingerprint density at radius 2 is 1.76 bits per heavy atom. The van der Waals surface area contributed by atoms with Crippen molar-refractivity contribution < 1.29 is 9.53 Å². The Morgan fingerprint density at radius 1 is 1.03 bits per heavy atom. The first-order valence-corrected chi connectivity index (χ1v) is 10.7. The first kappa shape index (κ1) is 21.3. The number of hydrogen-bond donors (Lipinski definition) is 0. The lowest BCUT2D eigenvalue weighted by atomic mass is 9.99. The summed E-state index contributed by atoms with van der Waals surface area (Å²) in [5, 5.41) is 9.49. The summed E-state index contributed by atoms with van der Waals surface area (Å²) in [5.74, 6) is 1.33. The van der Waals surface area contributed by atoms with Gasteiger partial charge in [-0.05, 0) is 49.1 Å². The molecule has 0 aliphatic rings. The molecule has 0 unspecified atom stereocenters. The van der Waals surface area contributed by atoms with Gasteiger partial charge in [0.2, 0.25) is 0 Å². The van der Waals surface area contributed by atoms with E-state index in [9.17, 15) is 4.79 Å². The molecular weight excluding hydrogens is 382 g/mol. The molecule has 1 aromatic heterocycles. The topological polar surface area (TPSA) is 57.0 Å². The zero-order valence-corrected chi connectivity index (χ0v) is 18.3. The van der Waals surface area contributed by atoms with Crippen LogP contribution in [0.25, 0.3) is 0 Å². The van der Waals surface area contributed by atoms with Crippen LogP contribution in [0.5, 0.6) is 0 Å². The van der Waals surface area contributed by atoms with Crippen molar-refractivity contribution in [2.45, 2.75) is 38.9 Å². The molecule has 0 saturated carbocycles. The number of hydrogen-bond acceptors (Lipinski definition) is 5. The highest BCUT2D eigenvalue weighted by molar-refractivity contribution is 7.99. The lowest BCUT2D eigenvalue weighted by molar-refractivity contribution is 0.102. The van der Waals surface area contributed by atoms with Crippen LogP contribution in [0.1, 0.15) is 38.4 Å². The lowest BCUT2D eigenvalue weighted by Gasteiger charge is -2.11. The van der Waals surface area contributed by atoms with Crippen molar-refractivity contribution >= 4 is 17.5 Å². The van der Waals surface area contributed by atoms with E-state index in [2.05, 4.69) is 39.9 Å². The SMILES string of the molecule is COCCn1c(Cc2ccccc2)nnc1SCC(=O)c1cc(C)c(C)cc1C. The van der Waals surface area contributed by atoms with E-state index in [1.165, 1.54) is 22.9 Å². The van der Waals surface area contributed by atoms with Crippen LogP contribution in [0, 0.1) is 20.8 Å². The predicted octanol–water partition coefficient (Wildman–Crippen LogP) is 4.42. The van der Waals surface area contributed by atoms with Gasteiger partial charge in [0.25, 0.3) is 0 Å². The lowest BCUT2D eigenvalue weighted by Crippen LogP contribution is -2.11. The van der Waals surface area contributed by atoms with Crippen LogP contribution in [0.2, 0.25) is 0 Å². The molecule has 0 atom stereocenters. The Morgan fingerprint density at radius 3 is 2.48 bits per heavy atom. The summed E-state index contributed by atoms with van der Waals surface area (Å²) < 4.78 is 7.32. The Kier molecular flexibility index (Phi) is 7.23. The smallest absolute Gasteiger partial charge is 0.191 e. The maximum absolute atomic E-state index is 12.8. The standard InChI is InChI=1S/C23H27N3O2S/c1-16-12-18(3)20(13-17(16)2)21(27)15-29-23-25-24-22(26(23)10-11-28-4)14-19-8-6-5-7-9-19/h5-9,12-13H,10-11,14-15H2,1-4H3. The molecule has 1 heterocycles. The number of carbonyl (C=O) groups is 1. The summed E-state index contributed by atoms with van der Waals surface area (Å²) in [7, 11) is 1.68. The van der Waals surface area contributed by atoms with E-state index < -0.39 is 0 Å². The number of benzene rings is 2. The van der Waals surface area contributed by atoms with Gasteiger partial charge in [-0.2, -0.15) is 0 Å². The van der Waals surface area contributed by atoms with Gasteiger partial charge in [-0.25, -0.2) is 0 Å². The molecule has 0 amide bonds. The van der Waals surface area contributed by atoms with E-state index in [4.69, 9.17) is 4.74 Å². The van der Waals surface area contributed by atoms with Gasteiger partial charge in [-0.15, -0.1) is 10.2 Å². The largest absolute Gasteiger partial charge is 0.383 e. The van der Waals surface area contributed by atoms with E-state index in [-0.39, 0.29) is 5.78 Å². The Bertz CT molecular complexity index is 983. The van der Waals surface area contributed by atoms with E-state index in [0.29, 0.717) is 25.3 Å². The molecule has 2 aromatic carbocycles. The van der Waals surface area contributed by atoms with Crippen molar-refractivity contribution in [3.63, 3.8) is 0 Å². The number of rotatable bonds is 9. The van der Waals surface area contributed by atoms with Crippen molar-refractivity contribution in [3.8, 4) is 0 Å². The van der Waals surface area contributed by atoms with E-state index >= 15 is 0 Å². The van der Waals surface area contributed by atoms with Gasteiger partial charge in [-0.1, -0.05) is 48.2 Å². The average molecular weight is 410 g/mol. The highest BCUT2D eigenvalue weighted by Gasteiger charge is 2.16. The third-order valence-corrected chi connectivity index (χ3v) is 5.96. The molecule has 0 N–H and O–H groups in total. The van der Waals surface area contributed by atoms with Crippen molar-refractivity contribution in [2.75, 3.05) is 19.5 Å². The van der Waals surface area contributed by atoms with Crippen LogP contribution in [0.4, 0.5) is 0 Å². The summed E-state index contributed by atoms with van der Waals surface area (Å²) in [4.78, 5) is 12.8. The quantitative estimate of drug-likeness (QED) is 0.387. The maximum Gasteiger partial charge on any atom is 0.191 e. The zero-order valence-electron chi connectivity index (χ0n) is 17.4. The van der Waals surface area contributed by atoms with E-state index in [0.717, 1.165) is 27.7 Å². The van der Waals surface area contributed by atoms with E-state index in [1.54, 1.807) is 7.11 Å². The van der Waals surface area contributed by atoms with Gasteiger partial charge in [0, 0.05) is 25.6 Å². The predicted molar refractivity (Wildman–Crippen MR) is 117 cm³/mol. The van der Waals surface area contributed by atoms with Gasteiger partial charge < -0.3 is 9.30 Å². The van der Waals surface area contributed by atoms with Crippen molar-refractivity contribution in [2.24, 2.45) is 0 Å². The minimum absolute atomic E-state index is 0.113. The number of aromatic nitrogens is 3. The van der Waals surface area contributed by atoms with Crippen LogP contribution in [0.3, 0.4) is 0 Å². The number of nitrogens with zero attached hydrogens (tertiary/aromatic N) is 3. The van der Waals surface area contributed by atoms with Gasteiger partial charge in [0.15, 0.2) is 10.9 Å². The number of thioether (sulfide) groups is 1. The minimum Gasteiger partial charge on any atom is -0.383 e. The Hall–Kier alpha value is -2.44. The van der Waals surface area contributed by atoms with Gasteiger partial charge >= 0.3 is 0 Å². The molecule has 3 aromatic rings. The molecule has 3 rings (SSSR count). The molecule has 0 radical (unpaired) electrons. The number of ketones is 1. The van der Waals surface area contributed by atoms with E-state index in [1.807, 2.05) is 38.1 Å². The molecule has 0 saturated heterocycles. The Labute approximate surface area is 176 Å². The molecule has 0 aliphatic heterocycles. The van der Waals surface area contributed by atoms with Gasteiger partial charge in [0.1, 0.15) is 5.82 Å². The molecule has 6 heteroatoms. The maximum atomic E-state index is 12.8. The number of Topliss-reactive ketones (excluding diaryl/α,β-unsaturated/α-hetero) is 1. The third-order valence-electron chi connectivity index (χ3n) is 4.99. The van der Waals surface area contributed by atoms with Crippen molar-refractivity contribution in [1.29, 1.82) is 0 Å². The van der Waals surface area contributed by atoms with Gasteiger partial charge in [-0.3, -0.25) is 4.79 Å². The van der Waals surface area contributed by atoms with Gasteiger partial charge in [0.05, 0.1) is 12.4 Å². The van der Waals surface area contributed by atoms with Crippen molar-refractivity contribution in [1.82, 2.24) is 14.8 Å². The summed E-state index contributed by atoms with van der Waals surface area (Å²) in [6, 6.07) is 14.3. The molecule has 5 nitrogen and oxygen atoms in total. The average Bonchev–Trinajstić information content (AvgIpc) is 3.09. The van der Waals surface area contributed by atoms with Crippen LogP contribution in [-0.2, 0) is 17.7 Å². The fourth-order valence-corrected chi connectivity index (χ4v) is 4.08. The summed E-state index contributed by atoms with van der Waals surface area (Å²) >= 11 is 1.43.